The standard InChI is InChI=1S/C9H12F2N2O/c1-5-3-6(4-12)7(8(10)11)13-9(5)14-2/h3,8H,4,12H2,1-2H3. The maximum absolute atomic E-state index is 12.5. The first-order valence-corrected chi connectivity index (χ1v) is 4.12. The van der Waals surface area contributed by atoms with Crippen LogP contribution in [-0.2, 0) is 6.54 Å². The number of ether oxygens (including phenoxy) is 1. The summed E-state index contributed by atoms with van der Waals surface area (Å²) >= 11 is 0. The molecule has 1 heterocycles. The minimum Gasteiger partial charge on any atom is -0.481 e. The van der Waals surface area contributed by atoms with Gasteiger partial charge < -0.3 is 10.5 Å². The molecule has 0 aliphatic heterocycles. The third kappa shape index (κ3) is 1.98. The van der Waals surface area contributed by atoms with Crippen molar-refractivity contribution in [1.29, 1.82) is 0 Å². The number of halogens is 2. The van der Waals surface area contributed by atoms with E-state index in [2.05, 4.69) is 4.98 Å². The summed E-state index contributed by atoms with van der Waals surface area (Å²) < 4.78 is 29.8. The summed E-state index contributed by atoms with van der Waals surface area (Å²) in [5.41, 5.74) is 6.10. The zero-order chi connectivity index (χ0) is 10.7. The summed E-state index contributed by atoms with van der Waals surface area (Å²) in [6.45, 7) is 1.79. The van der Waals surface area contributed by atoms with Crippen LogP contribution in [0.15, 0.2) is 6.07 Å². The van der Waals surface area contributed by atoms with Crippen LogP contribution in [0.5, 0.6) is 5.88 Å². The van der Waals surface area contributed by atoms with Crippen LogP contribution in [0.4, 0.5) is 8.78 Å². The summed E-state index contributed by atoms with van der Waals surface area (Å²) in [5, 5.41) is 0. The fraction of sp³-hybridized carbons (Fsp3) is 0.444. The molecule has 1 rings (SSSR count). The van der Waals surface area contributed by atoms with E-state index >= 15 is 0 Å². The molecule has 1 aromatic rings. The van der Waals surface area contributed by atoms with E-state index in [1.54, 1.807) is 13.0 Å². The monoisotopic (exact) mass is 202 g/mol. The van der Waals surface area contributed by atoms with Crippen LogP contribution in [0.3, 0.4) is 0 Å². The molecule has 0 radical (unpaired) electrons. The number of aryl methyl sites for hydroxylation is 1. The van der Waals surface area contributed by atoms with Gasteiger partial charge in [-0.25, -0.2) is 13.8 Å². The van der Waals surface area contributed by atoms with Crippen LogP contribution >= 0.6 is 0 Å². The van der Waals surface area contributed by atoms with Crippen LogP contribution in [0.25, 0.3) is 0 Å². The second kappa shape index (κ2) is 4.32. The summed E-state index contributed by atoms with van der Waals surface area (Å²) in [5.74, 6) is 0.220. The molecule has 0 spiro atoms. The number of rotatable bonds is 3. The second-order valence-corrected chi connectivity index (χ2v) is 2.86. The van der Waals surface area contributed by atoms with Gasteiger partial charge in [-0.1, -0.05) is 0 Å². The van der Waals surface area contributed by atoms with Crippen molar-refractivity contribution in [2.24, 2.45) is 5.73 Å². The predicted molar refractivity (Wildman–Crippen MR) is 48.4 cm³/mol. The van der Waals surface area contributed by atoms with E-state index in [1.807, 2.05) is 0 Å². The smallest absolute Gasteiger partial charge is 0.280 e. The average Bonchev–Trinajstić information content (AvgIpc) is 2.16. The summed E-state index contributed by atoms with van der Waals surface area (Å²) in [6.07, 6.45) is -2.62. The van der Waals surface area contributed by atoms with Crippen molar-refractivity contribution in [3.8, 4) is 5.88 Å². The zero-order valence-corrected chi connectivity index (χ0v) is 8.05. The quantitative estimate of drug-likeness (QED) is 0.812. The Bertz CT molecular complexity index is 329. The fourth-order valence-electron chi connectivity index (χ4n) is 1.23. The lowest BCUT2D eigenvalue weighted by Crippen LogP contribution is -2.06. The van der Waals surface area contributed by atoms with Gasteiger partial charge in [0.1, 0.15) is 5.69 Å². The van der Waals surface area contributed by atoms with Crippen molar-refractivity contribution in [3.63, 3.8) is 0 Å². The van der Waals surface area contributed by atoms with E-state index in [1.165, 1.54) is 7.11 Å². The van der Waals surface area contributed by atoms with E-state index in [0.717, 1.165) is 0 Å². The summed E-state index contributed by atoms with van der Waals surface area (Å²) in [6, 6.07) is 1.58. The van der Waals surface area contributed by atoms with Gasteiger partial charge in [-0.3, -0.25) is 0 Å². The van der Waals surface area contributed by atoms with Gasteiger partial charge in [-0.05, 0) is 18.6 Å². The first-order chi connectivity index (χ1) is 6.60. The van der Waals surface area contributed by atoms with E-state index in [4.69, 9.17) is 10.5 Å². The molecule has 14 heavy (non-hydrogen) atoms. The van der Waals surface area contributed by atoms with Crippen molar-refractivity contribution < 1.29 is 13.5 Å². The van der Waals surface area contributed by atoms with Crippen molar-refractivity contribution in [1.82, 2.24) is 4.98 Å². The Kier molecular flexibility index (Phi) is 3.35. The van der Waals surface area contributed by atoms with Crippen LogP contribution in [0.1, 0.15) is 23.2 Å². The van der Waals surface area contributed by atoms with E-state index < -0.39 is 6.43 Å². The molecule has 1 aromatic heterocycles. The Morgan fingerprint density at radius 2 is 2.21 bits per heavy atom. The highest BCUT2D eigenvalue weighted by Crippen LogP contribution is 2.25. The summed E-state index contributed by atoms with van der Waals surface area (Å²) in [4.78, 5) is 3.71. The molecule has 0 amide bonds. The van der Waals surface area contributed by atoms with E-state index in [-0.39, 0.29) is 18.1 Å². The number of alkyl halides is 2. The van der Waals surface area contributed by atoms with Crippen LogP contribution < -0.4 is 10.5 Å². The van der Waals surface area contributed by atoms with Crippen LogP contribution in [-0.4, -0.2) is 12.1 Å². The van der Waals surface area contributed by atoms with Gasteiger partial charge in [-0.15, -0.1) is 0 Å². The van der Waals surface area contributed by atoms with Crippen molar-refractivity contribution in [2.45, 2.75) is 19.9 Å². The molecule has 0 aliphatic carbocycles. The summed E-state index contributed by atoms with van der Waals surface area (Å²) in [7, 11) is 1.40. The van der Waals surface area contributed by atoms with Gasteiger partial charge in [0.2, 0.25) is 5.88 Å². The molecular formula is C9H12F2N2O. The number of nitrogens with zero attached hydrogens (tertiary/aromatic N) is 1. The van der Waals surface area contributed by atoms with Gasteiger partial charge in [0, 0.05) is 12.1 Å². The molecule has 0 saturated heterocycles. The van der Waals surface area contributed by atoms with Crippen molar-refractivity contribution in [3.05, 3.63) is 22.9 Å². The Morgan fingerprint density at radius 1 is 1.57 bits per heavy atom. The van der Waals surface area contributed by atoms with Gasteiger partial charge in [0.05, 0.1) is 7.11 Å². The van der Waals surface area contributed by atoms with Gasteiger partial charge in [0.25, 0.3) is 6.43 Å². The second-order valence-electron chi connectivity index (χ2n) is 2.86. The maximum Gasteiger partial charge on any atom is 0.280 e. The molecule has 0 unspecified atom stereocenters. The van der Waals surface area contributed by atoms with Crippen LogP contribution in [0.2, 0.25) is 0 Å². The van der Waals surface area contributed by atoms with Gasteiger partial charge in [-0.2, -0.15) is 0 Å². The highest BCUT2D eigenvalue weighted by Gasteiger charge is 2.16. The topological polar surface area (TPSA) is 48.1 Å². The van der Waals surface area contributed by atoms with Crippen molar-refractivity contribution in [2.75, 3.05) is 7.11 Å². The average molecular weight is 202 g/mol. The number of aromatic nitrogens is 1. The number of hydrogen-bond donors (Lipinski definition) is 1. The minimum absolute atomic E-state index is 0.0531. The molecular weight excluding hydrogens is 190 g/mol. The molecule has 0 aromatic carbocycles. The Morgan fingerprint density at radius 3 is 2.64 bits per heavy atom. The van der Waals surface area contributed by atoms with E-state index in [9.17, 15) is 8.78 Å². The predicted octanol–water partition coefficient (Wildman–Crippen LogP) is 1.79. The largest absolute Gasteiger partial charge is 0.481 e. The molecule has 5 heteroatoms. The highest BCUT2D eigenvalue weighted by atomic mass is 19.3. The minimum atomic E-state index is -2.62. The molecule has 0 atom stereocenters. The molecule has 78 valence electrons. The maximum atomic E-state index is 12.5. The van der Waals surface area contributed by atoms with Gasteiger partial charge in [0.15, 0.2) is 0 Å². The van der Waals surface area contributed by atoms with Crippen molar-refractivity contribution >= 4 is 0 Å². The normalized spacial score (nSPS) is 10.7. The zero-order valence-electron chi connectivity index (χ0n) is 8.05. The fourth-order valence-corrected chi connectivity index (χ4v) is 1.23. The molecule has 0 saturated carbocycles. The molecule has 0 fully saturated rings. The Labute approximate surface area is 80.9 Å². The highest BCUT2D eigenvalue weighted by molar-refractivity contribution is 5.34. The SMILES string of the molecule is COc1nc(C(F)F)c(CN)cc1C. The Balaban J connectivity index is 3.25. The lowest BCUT2D eigenvalue weighted by Gasteiger charge is -2.10. The number of methoxy groups -OCH3 is 1. The lowest BCUT2D eigenvalue weighted by molar-refractivity contribution is 0.143. The first-order valence-electron chi connectivity index (χ1n) is 4.12. The molecule has 0 aliphatic rings. The molecule has 2 N–H and O–H groups in total. The van der Waals surface area contributed by atoms with Gasteiger partial charge >= 0.3 is 0 Å². The number of pyridine rings is 1. The third-order valence-electron chi connectivity index (χ3n) is 1.90. The third-order valence-corrected chi connectivity index (χ3v) is 1.90. The van der Waals surface area contributed by atoms with Crippen LogP contribution in [0, 0.1) is 6.92 Å². The lowest BCUT2D eigenvalue weighted by atomic mass is 10.1. The Hall–Kier alpha value is -1.23. The molecule has 0 bridgehead atoms. The molecule has 3 nitrogen and oxygen atoms in total. The number of hydrogen-bond acceptors (Lipinski definition) is 3. The van der Waals surface area contributed by atoms with E-state index in [0.29, 0.717) is 11.1 Å². The number of nitrogens with two attached hydrogens (primary N) is 1. The first kappa shape index (κ1) is 10.8.